The lowest BCUT2D eigenvalue weighted by Gasteiger charge is -2.15. The molecule has 3 amide bonds. The van der Waals surface area contributed by atoms with Crippen LogP contribution in [0.15, 0.2) is 103 Å². The van der Waals surface area contributed by atoms with Crippen LogP contribution < -0.4 is 15.0 Å². The molecule has 1 N–H and O–H groups in total. The number of ether oxygens (including phenoxy) is 1. The number of nitrogens with zero attached hydrogens (tertiary/aromatic N) is 1. The van der Waals surface area contributed by atoms with Crippen LogP contribution in [0.3, 0.4) is 0 Å². The molecule has 0 saturated carbocycles. The van der Waals surface area contributed by atoms with Gasteiger partial charge in [-0.3, -0.25) is 14.4 Å². The number of nitrogens with one attached hydrogen (secondary N) is 1. The minimum atomic E-state index is -0.384. The van der Waals surface area contributed by atoms with E-state index in [4.69, 9.17) is 4.74 Å². The first-order valence-corrected chi connectivity index (χ1v) is 10.3. The van der Waals surface area contributed by atoms with E-state index in [1.54, 1.807) is 72.8 Å². The fraction of sp³-hybridized carbons (Fsp3) is 0. The van der Waals surface area contributed by atoms with Crippen molar-refractivity contribution in [2.45, 2.75) is 0 Å². The Hall–Kier alpha value is -4.71. The molecule has 0 radical (unpaired) electrons. The lowest BCUT2D eigenvalue weighted by Crippen LogP contribution is -2.29. The minimum Gasteiger partial charge on any atom is -0.457 e. The van der Waals surface area contributed by atoms with E-state index in [2.05, 4.69) is 5.32 Å². The molecule has 0 saturated heterocycles. The van der Waals surface area contributed by atoms with Crippen LogP contribution in [0.1, 0.15) is 31.1 Å². The molecule has 1 heterocycles. The Morgan fingerprint density at radius 1 is 0.667 bits per heavy atom. The van der Waals surface area contributed by atoms with E-state index in [1.807, 2.05) is 30.3 Å². The van der Waals surface area contributed by atoms with Gasteiger partial charge < -0.3 is 10.1 Å². The molecule has 1 aliphatic heterocycles. The topological polar surface area (TPSA) is 75.7 Å². The van der Waals surface area contributed by atoms with E-state index in [1.165, 1.54) is 0 Å². The van der Waals surface area contributed by atoms with Gasteiger partial charge in [0, 0.05) is 11.3 Å². The number of para-hydroxylation sites is 1. The number of benzene rings is 4. The molecule has 0 aromatic heterocycles. The summed E-state index contributed by atoms with van der Waals surface area (Å²) >= 11 is 0. The van der Waals surface area contributed by atoms with Gasteiger partial charge in [-0.05, 0) is 60.7 Å². The highest BCUT2D eigenvalue weighted by molar-refractivity contribution is 6.34. The molecule has 0 atom stereocenters. The zero-order valence-electron chi connectivity index (χ0n) is 17.4. The summed E-state index contributed by atoms with van der Waals surface area (Å²) in [6.07, 6.45) is 0. The third-order valence-electron chi connectivity index (χ3n) is 5.23. The SMILES string of the molecule is O=C(Nc1cccc(N2C(=O)c3ccccc3C2=O)c1)c1cccc(Oc2ccccc2)c1. The Balaban J connectivity index is 1.35. The highest BCUT2D eigenvalue weighted by Crippen LogP contribution is 2.30. The van der Waals surface area contributed by atoms with Gasteiger partial charge >= 0.3 is 0 Å². The first kappa shape index (κ1) is 20.2. The van der Waals surface area contributed by atoms with Gasteiger partial charge in [0.05, 0.1) is 16.8 Å². The van der Waals surface area contributed by atoms with Gasteiger partial charge in [-0.1, -0.05) is 42.5 Å². The monoisotopic (exact) mass is 434 g/mol. The first-order chi connectivity index (χ1) is 16.1. The number of anilines is 2. The van der Waals surface area contributed by atoms with Gasteiger partial charge in [-0.25, -0.2) is 4.90 Å². The van der Waals surface area contributed by atoms with Gasteiger partial charge in [0.2, 0.25) is 0 Å². The maximum absolute atomic E-state index is 12.8. The maximum Gasteiger partial charge on any atom is 0.266 e. The Morgan fingerprint density at radius 3 is 2.03 bits per heavy atom. The third-order valence-corrected chi connectivity index (χ3v) is 5.23. The molecule has 33 heavy (non-hydrogen) atoms. The van der Waals surface area contributed by atoms with Crippen LogP contribution in [-0.2, 0) is 0 Å². The van der Waals surface area contributed by atoms with Crippen LogP contribution in [0, 0.1) is 0 Å². The molecule has 6 heteroatoms. The van der Waals surface area contributed by atoms with Crippen molar-refractivity contribution in [3.63, 3.8) is 0 Å². The van der Waals surface area contributed by atoms with Crippen molar-refractivity contribution in [2.75, 3.05) is 10.2 Å². The number of hydrogen-bond acceptors (Lipinski definition) is 4. The van der Waals surface area contributed by atoms with Gasteiger partial charge in [-0.2, -0.15) is 0 Å². The van der Waals surface area contributed by atoms with Crippen LogP contribution in [0.2, 0.25) is 0 Å². The largest absolute Gasteiger partial charge is 0.457 e. The summed E-state index contributed by atoms with van der Waals surface area (Å²) in [5.74, 6) is 0.0972. The molecule has 0 bridgehead atoms. The molecule has 4 aromatic carbocycles. The van der Waals surface area contributed by atoms with Crippen molar-refractivity contribution < 1.29 is 19.1 Å². The van der Waals surface area contributed by atoms with Crippen LogP contribution in [-0.4, -0.2) is 17.7 Å². The molecule has 6 nitrogen and oxygen atoms in total. The highest BCUT2D eigenvalue weighted by Gasteiger charge is 2.36. The molecule has 0 aliphatic carbocycles. The second-order valence-corrected chi connectivity index (χ2v) is 7.44. The molecule has 160 valence electrons. The summed E-state index contributed by atoms with van der Waals surface area (Å²) in [4.78, 5) is 39.5. The average molecular weight is 434 g/mol. The number of rotatable bonds is 5. The summed E-state index contributed by atoms with van der Waals surface area (Å²) in [5.41, 5.74) is 2.00. The quantitative estimate of drug-likeness (QED) is 0.419. The van der Waals surface area contributed by atoms with Gasteiger partial charge in [0.1, 0.15) is 11.5 Å². The molecule has 5 rings (SSSR count). The number of carbonyl (C=O) groups excluding carboxylic acids is 3. The fourth-order valence-electron chi connectivity index (χ4n) is 3.68. The smallest absolute Gasteiger partial charge is 0.266 e. The van der Waals surface area contributed by atoms with Crippen LogP contribution in [0.5, 0.6) is 11.5 Å². The van der Waals surface area contributed by atoms with Crippen LogP contribution in [0.25, 0.3) is 0 Å². The fourth-order valence-corrected chi connectivity index (χ4v) is 3.68. The molecular weight excluding hydrogens is 416 g/mol. The predicted octanol–water partition coefficient (Wildman–Crippen LogP) is 5.53. The normalized spacial score (nSPS) is 12.4. The first-order valence-electron chi connectivity index (χ1n) is 10.3. The van der Waals surface area contributed by atoms with Crippen molar-refractivity contribution >= 4 is 29.1 Å². The van der Waals surface area contributed by atoms with E-state index >= 15 is 0 Å². The number of amides is 3. The maximum atomic E-state index is 12.8. The number of hydrogen-bond donors (Lipinski definition) is 1. The standard InChI is InChI=1S/C27H18N2O4/c30-25(18-8-6-13-22(16-18)33-21-11-2-1-3-12-21)28-19-9-7-10-20(17-19)29-26(31)23-14-4-5-15-24(23)27(29)32/h1-17H,(H,28,30). The molecule has 0 spiro atoms. The van der Waals surface area contributed by atoms with Crippen molar-refractivity contribution in [1.29, 1.82) is 0 Å². The zero-order valence-corrected chi connectivity index (χ0v) is 17.4. The molecule has 1 aliphatic rings. The second-order valence-electron chi connectivity index (χ2n) is 7.44. The van der Waals surface area contributed by atoms with Crippen LogP contribution >= 0.6 is 0 Å². The second kappa shape index (κ2) is 8.43. The summed E-state index contributed by atoms with van der Waals surface area (Å²) in [5, 5.41) is 2.82. The lowest BCUT2D eigenvalue weighted by atomic mass is 10.1. The Labute approximate surface area is 190 Å². The van der Waals surface area contributed by atoms with Gasteiger partial charge in [0.25, 0.3) is 17.7 Å². The number of carbonyl (C=O) groups is 3. The predicted molar refractivity (Wildman–Crippen MR) is 125 cm³/mol. The van der Waals surface area contributed by atoms with Gasteiger partial charge in [-0.15, -0.1) is 0 Å². The van der Waals surface area contributed by atoms with E-state index in [-0.39, 0.29) is 17.7 Å². The zero-order chi connectivity index (χ0) is 22.8. The van der Waals surface area contributed by atoms with Crippen molar-refractivity contribution in [2.24, 2.45) is 0 Å². The van der Waals surface area contributed by atoms with E-state index in [0.717, 1.165) is 4.90 Å². The van der Waals surface area contributed by atoms with Crippen molar-refractivity contribution in [1.82, 2.24) is 0 Å². The summed E-state index contributed by atoms with van der Waals surface area (Å²) in [6.45, 7) is 0. The van der Waals surface area contributed by atoms with Crippen LogP contribution in [0.4, 0.5) is 11.4 Å². The highest BCUT2D eigenvalue weighted by atomic mass is 16.5. The molecular formula is C27H18N2O4. The number of fused-ring (bicyclic) bond motifs is 1. The van der Waals surface area contributed by atoms with Crippen molar-refractivity contribution in [3.05, 3.63) is 120 Å². The van der Waals surface area contributed by atoms with Crippen molar-refractivity contribution in [3.8, 4) is 11.5 Å². The Bertz CT molecular complexity index is 1350. The summed E-state index contributed by atoms with van der Waals surface area (Å²) < 4.78 is 5.80. The molecule has 0 fully saturated rings. The molecule has 0 unspecified atom stereocenters. The third kappa shape index (κ3) is 3.97. The Morgan fingerprint density at radius 2 is 1.30 bits per heavy atom. The van der Waals surface area contributed by atoms with E-state index in [9.17, 15) is 14.4 Å². The molecule has 4 aromatic rings. The minimum absolute atomic E-state index is 0.340. The average Bonchev–Trinajstić information content (AvgIpc) is 3.10. The number of imide groups is 1. The summed E-state index contributed by atoms with van der Waals surface area (Å²) in [7, 11) is 0. The lowest BCUT2D eigenvalue weighted by molar-refractivity contribution is 0.0925. The summed E-state index contributed by atoms with van der Waals surface area (Å²) in [6, 6.07) is 29.5. The van der Waals surface area contributed by atoms with Gasteiger partial charge in [0.15, 0.2) is 0 Å². The van der Waals surface area contributed by atoms with E-state index < -0.39 is 0 Å². The Kier molecular flexibility index (Phi) is 5.16. The van der Waals surface area contributed by atoms with E-state index in [0.29, 0.717) is 39.6 Å².